The molecule has 0 bridgehead atoms. The summed E-state index contributed by atoms with van der Waals surface area (Å²) in [7, 11) is 1.60. The minimum Gasteiger partial charge on any atom is -0.497 e. The van der Waals surface area contributed by atoms with Gasteiger partial charge in [0.2, 0.25) is 0 Å². The third-order valence-corrected chi connectivity index (χ3v) is 5.05. The standard InChI is InChI=1S/C20H22N2O5/c1-13-10-15(5-8-18(13)22(25)26)19(23)21-12-20(24)9-3-4-14-11-16(27-2)6-7-17(14)20/h5-8,10-11,24H,3-4,9,12H2,1-2H3,(H,21,23). The van der Waals surface area contributed by atoms with Crippen LogP contribution in [0.5, 0.6) is 5.75 Å². The lowest BCUT2D eigenvalue weighted by Crippen LogP contribution is -2.43. The second-order valence-corrected chi connectivity index (χ2v) is 6.85. The monoisotopic (exact) mass is 370 g/mol. The van der Waals surface area contributed by atoms with E-state index in [1.165, 1.54) is 18.2 Å². The molecule has 2 aromatic rings. The van der Waals surface area contributed by atoms with Gasteiger partial charge in [0, 0.05) is 17.2 Å². The van der Waals surface area contributed by atoms with Crippen molar-refractivity contribution < 1.29 is 19.6 Å². The van der Waals surface area contributed by atoms with Gasteiger partial charge in [-0.1, -0.05) is 6.07 Å². The molecule has 1 amide bonds. The lowest BCUT2D eigenvalue weighted by Gasteiger charge is -2.35. The third-order valence-electron chi connectivity index (χ3n) is 5.05. The first-order valence-electron chi connectivity index (χ1n) is 8.77. The largest absolute Gasteiger partial charge is 0.497 e. The number of rotatable bonds is 5. The number of benzene rings is 2. The van der Waals surface area contributed by atoms with Gasteiger partial charge in [-0.05, 0) is 61.6 Å². The SMILES string of the molecule is COc1ccc2c(c1)CCCC2(O)CNC(=O)c1ccc([N+](=O)[O-])c(C)c1. The lowest BCUT2D eigenvalue weighted by atomic mass is 9.79. The van der Waals surface area contributed by atoms with Crippen LogP contribution in [-0.4, -0.2) is 29.6 Å². The predicted octanol–water partition coefficient (Wildman–Crippen LogP) is 2.87. The number of ether oxygens (including phenoxy) is 1. The van der Waals surface area contributed by atoms with E-state index in [1.807, 2.05) is 12.1 Å². The molecule has 142 valence electrons. The Hall–Kier alpha value is -2.93. The molecule has 3 rings (SSSR count). The van der Waals surface area contributed by atoms with Crippen molar-refractivity contribution in [2.24, 2.45) is 0 Å². The summed E-state index contributed by atoms with van der Waals surface area (Å²) in [4.78, 5) is 22.9. The number of amides is 1. The summed E-state index contributed by atoms with van der Waals surface area (Å²) in [6.45, 7) is 1.66. The zero-order valence-electron chi connectivity index (χ0n) is 15.3. The summed E-state index contributed by atoms with van der Waals surface area (Å²) in [6.07, 6.45) is 2.21. The van der Waals surface area contributed by atoms with E-state index < -0.39 is 10.5 Å². The second kappa shape index (κ2) is 7.36. The van der Waals surface area contributed by atoms with Gasteiger partial charge < -0.3 is 15.2 Å². The van der Waals surface area contributed by atoms with Gasteiger partial charge >= 0.3 is 0 Å². The first-order valence-corrected chi connectivity index (χ1v) is 8.77. The minimum absolute atomic E-state index is 0.0275. The van der Waals surface area contributed by atoms with Crippen molar-refractivity contribution in [2.45, 2.75) is 31.8 Å². The van der Waals surface area contributed by atoms with Crippen LogP contribution in [0.3, 0.4) is 0 Å². The molecule has 2 N–H and O–H groups in total. The summed E-state index contributed by atoms with van der Waals surface area (Å²) in [5.74, 6) is 0.366. The number of nitro benzene ring substituents is 1. The fourth-order valence-electron chi connectivity index (χ4n) is 3.58. The lowest BCUT2D eigenvalue weighted by molar-refractivity contribution is -0.385. The highest BCUT2D eigenvalue weighted by atomic mass is 16.6. The van der Waals surface area contributed by atoms with Gasteiger partial charge in [0.25, 0.3) is 11.6 Å². The molecule has 1 unspecified atom stereocenters. The third kappa shape index (κ3) is 3.78. The van der Waals surface area contributed by atoms with E-state index in [-0.39, 0.29) is 18.1 Å². The predicted molar refractivity (Wildman–Crippen MR) is 100.0 cm³/mol. The molecule has 1 aliphatic rings. The summed E-state index contributed by atoms with van der Waals surface area (Å²) in [5, 5.41) is 24.8. The minimum atomic E-state index is -1.15. The maximum atomic E-state index is 12.5. The molecule has 7 nitrogen and oxygen atoms in total. The average molecular weight is 370 g/mol. The van der Waals surface area contributed by atoms with E-state index in [9.17, 15) is 20.0 Å². The average Bonchev–Trinajstić information content (AvgIpc) is 2.65. The fourth-order valence-corrected chi connectivity index (χ4v) is 3.58. The Balaban J connectivity index is 1.76. The van der Waals surface area contributed by atoms with Crippen molar-refractivity contribution in [1.82, 2.24) is 5.32 Å². The van der Waals surface area contributed by atoms with Crippen LogP contribution in [0.4, 0.5) is 5.69 Å². The van der Waals surface area contributed by atoms with Crippen molar-refractivity contribution in [3.63, 3.8) is 0 Å². The van der Waals surface area contributed by atoms with Crippen LogP contribution < -0.4 is 10.1 Å². The molecule has 0 saturated carbocycles. The van der Waals surface area contributed by atoms with Gasteiger partial charge in [-0.2, -0.15) is 0 Å². The van der Waals surface area contributed by atoms with Crippen LogP contribution >= 0.6 is 0 Å². The molecule has 1 aliphatic carbocycles. The van der Waals surface area contributed by atoms with Crippen LogP contribution in [-0.2, 0) is 12.0 Å². The zero-order valence-corrected chi connectivity index (χ0v) is 15.3. The van der Waals surface area contributed by atoms with Gasteiger partial charge in [-0.15, -0.1) is 0 Å². The number of nitrogens with zero attached hydrogens (tertiary/aromatic N) is 1. The molecule has 0 radical (unpaired) electrons. The maximum Gasteiger partial charge on any atom is 0.272 e. The Morgan fingerprint density at radius 2 is 2.11 bits per heavy atom. The Morgan fingerprint density at radius 3 is 2.78 bits per heavy atom. The molecule has 1 atom stereocenters. The van der Waals surface area contributed by atoms with Gasteiger partial charge in [0.1, 0.15) is 11.4 Å². The van der Waals surface area contributed by atoms with Crippen LogP contribution in [0.15, 0.2) is 36.4 Å². The summed E-state index contributed by atoms with van der Waals surface area (Å²) < 4.78 is 5.24. The van der Waals surface area contributed by atoms with Gasteiger partial charge in [0.15, 0.2) is 0 Å². The topological polar surface area (TPSA) is 102 Å². The first kappa shape index (κ1) is 18.8. The number of nitrogens with one attached hydrogen (secondary N) is 1. The van der Waals surface area contributed by atoms with Crippen molar-refractivity contribution in [1.29, 1.82) is 0 Å². The van der Waals surface area contributed by atoms with Gasteiger partial charge in [0.05, 0.1) is 18.6 Å². The molecule has 0 fully saturated rings. The molecule has 2 aromatic carbocycles. The molecule has 0 saturated heterocycles. The number of methoxy groups -OCH3 is 1. The fraction of sp³-hybridized carbons (Fsp3) is 0.350. The van der Waals surface area contributed by atoms with Gasteiger partial charge in [-0.3, -0.25) is 14.9 Å². The van der Waals surface area contributed by atoms with Crippen LogP contribution in [0.2, 0.25) is 0 Å². The smallest absolute Gasteiger partial charge is 0.272 e. The Bertz CT molecular complexity index is 896. The molecule has 0 spiro atoms. The Labute approximate surface area is 157 Å². The quantitative estimate of drug-likeness (QED) is 0.622. The number of carbonyl (C=O) groups excluding carboxylic acids is 1. The number of aliphatic hydroxyl groups is 1. The van der Waals surface area contributed by atoms with Crippen molar-refractivity contribution in [3.8, 4) is 5.75 Å². The molecule has 0 heterocycles. The molecule has 0 aliphatic heterocycles. The van der Waals surface area contributed by atoms with E-state index in [1.54, 1.807) is 20.1 Å². The maximum absolute atomic E-state index is 12.5. The second-order valence-electron chi connectivity index (χ2n) is 6.85. The van der Waals surface area contributed by atoms with Gasteiger partial charge in [-0.25, -0.2) is 0 Å². The highest BCUT2D eigenvalue weighted by molar-refractivity contribution is 5.94. The van der Waals surface area contributed by atoms with Crippen LogP contribution in [0.1, 0.15) is 39.9 Å². The van der Waals surface area contributed by atoms with Crippen molar-refractivity contribution >= 4 is 11.6 Å². The summed E-state index contributed by atoms with van der Waals surface area (Å²) in [6, 6.07) is 9.79. The summed E-state index contributed by atoms with van der Waals surface area (Å²) >= 11 is 0. The number of nitro groups is 1. The van der Waals surface area contributed by atoms with E-state index in [4.69, 9.17) is 4.74 Å². The molecule has 7 heteroatoms. The number of carbonyl (C=O) groups is 1. The number of hydrogen-bond acceptors (Lipinski definition) is 5. The van der Waals surface area contributed by atoms with Crippen molar-refractivity contribution in [2.75, 3.05) is 13.7 Å². The van der Waals surface area contributed by atoms with E-state index in [0.717, 1.165) is 29.7 Å². The first-order chi connectivity index (χ1) is 12.8. The van der Waals surface area contributed by atoms with E-state index in [2.05, 4.69) is 5.32 Å². The Morgan fingerprint density at radius 1 is 1.33 bits per heavy atom. The van der Waals surface area contributed by atoms with E-state index >= 15 is 0 Å². The molecular formula is C20H22N2O5. The number of hydrogen-bond donors (Lipinski definition) is 2. The zero-order chi connectivity index (χ0) is 19.6. The number of aryl methyl sites for hydroxylation is 2. The summed E-state index contributed by atoms with van der Waals surface area (Å²) in [5.41, 5.74) is 1.39. The molecule has 27 heavy (non-hydrogen) atoms. The highest BCUT2D eigenvalue weighted by Crippen LogP contribution is 2.36. The van der Waals surface area contributed by atoms with Crippen LogP contribution in [0.25, 0.3) is 0 Å². The molecule has 0 aromatic heterocycles. The van der Waals surface area contributed by atoms with E-state index in [0.29, 0.717) is 17.5 Å². The molecular weight excluding hydrogens is 348 g/mol. The normalized spacial score (nSPS) is 18.5. The number of fused-ring (bicyclic) bond motifs is 1. The van der Waals surface area contributed by atoms with Crippen molar-refractivity contribution in [3.05, 3.63) is 68.8 Å². The highest BCUT2D eigenvalue weighted by Gasteiger charge is 2.35. The Kier molecular flexibility index (Phi) is 5.14. The van der Waals surface area contributed by atoms with Crippen LogP contribution in [0, 0.1) is 17.0 Å².